The zero-order chi connectivity index (χ0) is 24.5. The topological polar surface area (TPSA) is 122 Å². The van der Waals surface area contributed by atoms with Crippen LogP contribution in [0.1, 0.15) is 48.5 Å². The van der Waals surface area contributed by atoms with Gasteiger partial charge < -0.3 is 24.6 Å². The number of nitrogens with zero attached hydrogens (tertiary/aromatic N) is 2. The number of piperidine rings is 1. The van der Waals surface area contributed by atoms with Gasteiger partial charge in [-0.3, -0.25) is 14.4 Å². The highest BCUT2D eigenvalue weighted by Crippen LogP contribution is 2.46. The Morgan fingerprint density at radius 2 is 2.09 bits per heavy atom. The molecule has 1 atom stereocenters. The van der Waals surface area contributed by atoms with Crippen LogP contribution in [-0.4, -0.2) is 54.2 Å². The number of esters is 1. The third-order valence-corrected chi connectivity index (χ3v) is 6.64. The lowest BCUT2D eigenvalue weighted by Crippen LogP contribution is -2.39. The first-order valence-electron chi connectivity index (χ1n) is 12.0. The molecule has 1 aromatic heterocycles. The number of carboxylic acid groups (broad SMARTS) is 1. The van der Waals surface area contributed by atoms with Crippen molar-refractivity contribution < 1.29 is 28.8 Å². The fourth-order valence-electron chi connectivity index (χ4n) is 5.03. The van der Waals surface area contributed by atoms with Gasteiger partial charge in [-0.25, -0.2) is 0 Å². The minimum atomic E-state index is -0.867. The first kappa shape index (κ1) is 22.9. The van der Waals surface area contributed by atoms with E-state index in [0.29, 0.717) is 65.2 Å². The predicted molar refractivity (Wildman–Crippen MR) is 130 cm³/mol. The molecular weight excluding hydrogens is 450 g/mol. The zero-order valence-corrected chi connectivity index (χ0v) is 19.5. The molecule has 2 aromatic carbocycles. The number of benzene rings is 2. The third-order valence-electron chi connectivity index (χ3n) is 6.64. The summed E-state index contributed by atoms with van der Waals surface area (Å²) in [6, 6.07) is 9.16. The van der Waals surface area contributed by atoms with Crippen molar-refractivity contribution in [2.45, 2.75) is 32.6 Å². The van der Waals surface area contributed by atoms with Crippen molar-refractivity contribution in [3.8, 4) is 11.3 Å². The first-order chi connectivity index (χ1) is 17.0. The van der Waals surface area contributed by atoms with Gasteiger partial charge in [0.05, 0.1) is 29.2 Å². The quantitative estimate of drug-likeness (QED) is 0.285. The maximum Gasteiger partial charge on any atom is 0.310 e. The summed E-state index contributed by atoms with van der Waals surface area (Å²) in [5.41, 5.74) is 3.69. The number of nitrogens with one attached hydrogen (secondary N) is 1. The molecule has 1 aliphatic heterocycles. The molecular formula is C26H27N3O6. The number of ketones is 1. The number of ether oxygens (including phenoxy) is 1. The molecule has 5 rings (SSSR count). The van der Waals surface area contributed by atoms with Gasteiger partial charge in [-0.05, 0) is 32.3 Å². The lowest BCUT2D eigenvalue weighted by Gasteiger charge is -2.34. The molecule has 0 bridgehead atoms. The molecule has 1 aliphatic carbocycles. The van der Waals surface area contributed by atoms with Gasteiger partial charge in [-0.1, -0.05) is 29.4 Å². The van der Waals surface area contributed by atoms with Crippen LogP contribution in [0, 0.1) is 5.92 Å². The summed E-state index contributed by atoms with van der Waals surface area (Å²) in [5.74, 6) is -0.902. The number of carbonyl (C=O) groups is 3. The van der Waals surface area contributed by atoms with E-state index in [-0.39, 0.29) is 24.1 Å². The summed E-state index contributed by atoms with van der Waals surface area (Å²) in [6.07, 6.45) is 2.02. The number of aromatic nitrogens is 1. The smallest absolute Gasteiger partial charge is 0.310 e. The van der Waals surface area contributed by atoms with Crippen molar-refractivity contribution in [3.63, 3.8) is 0 Å². The second kappa shape index (κ2) is 9.40. The number of anilines is 2. The second-order valence-electron chi connectivity index (χ2n) is 8.89. The molecule has 0 saturated carbocycles. The zero-order valence-electron chi connectivity index (χ0n) is 19.5. The van der Waals surface area contributed by atoms with Crippen LogP contribution in [0.2, 0.25) is 0 Å². The van der Waals surface area contributed by atoms with E-state index in [1.165, 1.54) is 0 Å². The highest BCUT2D eigenvalue weighted by atomic mass is 16.5. The normalized spacial score (nSPS) is 16.8. The van der Waals surface area contributed by atoms with Crippen LogP contribution in [0.15, 0.2) is 34.9 Å². The Balaban J connectivity index is 1.59. The van der Waals surface area contributed by atoms with Crippen LogP contribution >= 0.6 is 0 Å². The summed E-state index contributed by atoms with van der Waals surface area (Å²) < 4.78 is 11.1. The number of aliphatic carboxylic acids is 1. The number of carboxylic acids is 1. The molecule has 0 radical (unpaired) electrons. The molecule has 2 aliphatic rings. The molecule has 35 heavy (non-hydrogen) atoms. The minimum Gasteiger partial charge on any atom is -0.481 e. The van der Waals surface area contributed by atoms with E-state index >= 15 is 0 Å². The summed E-state index contributed by atoms with van der Waals surface area (Å²) in [5, 5.41) is 17.3. The fraction of sp³-hybridized carbons (Fsp3) is 0.385. The Labute approximate surface area is 202 Å². The summed E-state index contributed by atoms with van der Waals surface area (Å²) >= 11 is 0. The van der Waals surface area contributed by atoms with E-state index in [0.717, 1.165) is 25.1 Å². The highest BCUT2D eigenvalue weighted by molar-refractivity contribution is 6.28. The van der Waals surface area contributed by atoms with Crippen molar-refractivity contribution in [2.75, 3.05) is 36.5 Å². The Hall–Kier alpha value is -3.88. The fourth-order valence-corrected chi connectivity index (χ4v) is 5.03. The van der Waals surface area contributed by atoms with Crippen LogP contribution in [0.4, 0.5) is 11.4 Å². The molecule has 3 aromatic rings. The molecule has 2 heterocycles. The Kier molecular flexibility index (Phi) is 6.15. The summed E-state index contributed by atoms with van der Waals surface area (Å²) in [6.45, 7) is 3.75. The van der Waals surface area contributed by atoms with Gasteiger partial charge in [0.15, 0.2) is 11.5 Å². The molecule has 0 amide bonds. The monoisotopic (exact) mass is 477 g/mol. The highest BCUT2D eigenvalue weighted by Gasteiger charge is 2.35. The third kappa shape index (κ3) is 4.11. The van der Waals surface area contributed by atoms with E-state index in [1.54, 1.807) is 13.0 Å². The van der Waals surface area contributed by atoms with Crippen molar-refractivity contribution in [2.24, 2.45) is 5.92 Å². The molecule has 1 fully saturated rings. The van der Waals surface area contributed by atoms with Crippen LogP contribution in [0.5, 0.6) is 0 Å². The second-order valence-corrected chi connectivity index (χ2v) is 8.89. The van der Waals surface area contributed by atoms with Crippen molar-refractivity contribution in [3.05, 3.63) is 41.5 Å². The van der Waals surface area contributed by atoms with E-state index in [2.05, 4.69) is 15.4 Å². The van der Waals surface area contributed by atoms with Crippen LogP contribution < -0.4 is 10.2 Å². The molecule has 2 N–H and O–H groups in total. The van der Waals surface area contributed by atoms with Crippen molar-refractivity contribution in [1.82, 2.24) is 5.16 Å². The van der Waals surface area contributed by atoms with Gasteiger partial charge in [0.1, 0.15) is 5.52 Å². The maximum absolute atomic E-state index is 13.6. The lowest BCUT2D eigenvalue weighted by molar-refractivity contribution is -0.148. The Morgan fingerprint density at radius 3 is 2.86 bits per heavy atom. The Bertz CT molecular complexity index is 1310. The van der Waals surface area contributed by atoms with E-state index in [4.69, 9.17) is 14.4 Å². The standard InChI is InChI=1S/C26H27N3O6/c1-2-34-26(33)15-7-6-12-29(14-15)19-13-18(27-11-5-10-20(30)31)21-22-23(19)28-35-25(22)17-9-4-3-8-16(17)24(21)32/h3-4,8-9,13,15,27H,2,5-7,10-12,14H2,1H3,(H,30,31)/t15-/m1/s1. The van der Waals surface area contributed by atoms with E-state index in [9.17, 15) is 14.4 Å². The molecule has 0 unspecified atom stereocenters. The van der Waals surface area contributed by atoms with E-state index in [1.807, 2.05) is 24.3 Å². The molecule has 182 valence electrons. The van der Waals surface area contributed by atoms with Gasteiger partial charge in [0.25, 0.3) is 0 Å². The van der Waals surface area contributed by atoms with Gasteiger partial charge in [-0.2, -0.15) is 0 Å². The number of hydrogen-bond donors (Lipinski definition) is 2. The summed E-state index contributed by atoms with van der Waals surface area (Å²) in [4.78, 5) is 39.1. The average Bonchev–Trinajstić information content (AvgIpc) is 3.30. The van der Waals surface area contributed by atoms with Gasteiger partial charge >= 0.3 is 11.9 Å². The van der Waals surface area contributed by atoms with Crippen LogP contribution in [0.25, 0.3) is 22.2 Å². The van der Waals surface area contributed by atoms with Gasteiger partial charge in [-0.15, -0.1) is 0 Å². The average molecular weight is 478 g/mol. The first-order valence-corrected chi connectivity index (χ1v) is 12.0. The largest absolute Gasteiger partial charge is 0.481 e. The molecule has 1 saturated heterocycles. The minimum absolute atomic E-state index is 0.0279. The number of fused-ring (bicyclic) bond motifs is 2. The van der Waals surface area contributed by atoms with E-state index < -0.39 is 5.97 Å². The lowest BCUT2D eigenvalue weighted by atomic mass is 9.86. The summed E-state index contributed by atoms with van der Waals surface area (Å²) in [7, 11) is 0. The van der Waals surface area contributed by atoms with Crippen LogP contribution in [-0.2, 0) is 14.3 Å². The molecule has 9 heteroatoms. The van der Waals surface area contributed by atoms with Gasteiger partial charge in [0, 0.05) is 42.9 Å². The van der Waals surface area contributed by atoms with Gasteiger partial charge in [0.2, 0.25) is 0 Å². The maximum atomic E-state index is 13.6. The number of hydrogen-bond acceptors (Lipinski definition) is 8. The predicted octanol–water partition coefficient (Wildman–Crippen LogP) is 4.10. The number of rotatable bonds is 8. The molecule has 0 spiro atoms. The van der Waals surface area contributed by atoms with Crippen LogP contribution in [0.3, 0.4) is 0 Å². The number of carbonyl (C=O) groups excluding carboxylic acids is 2. The molecule has 9 nitrogen and oxygen atoms in total. The SMILES string of the molecule is CCOC(=O)[C@@H]1CCCN(c2cc(NCCCC(=O)O)c3c4c(onc24)-c2ccccc2C3=O)C1. The van der Waals surface area contributed by atoms with Crippen molar-refractivity contribution >= 4 is 40.0 Å². The Morgan fingerprint density at radius 1 is 1.29 bits per heavy atom. The van der Waals surface area contributed by atoms with Crippen molar-refractivity contribution in [1.29, 1.82) is 0 Å².